The molecule has 0 fully saturated rings. The van der Waals surface area contributed by atoms with Crippen molar-refractivity contribution in [2.45, 2.75) is 38.5 Å². The zero-order chi connectivity index (χ0) is 15.0. The number of nitrogens with one attached hydrogen (secondary N) is 1. The molecule has 6 heteroatoms. The van der Waals surface area contributed by atoms with Gasteiger partial charge in [0.15, 0.2) is 6.10 Å². The van der Waals surface area contributed by atoms with Gasteiger partial charge in [-0.15, -0.1) is 0 Å². The van der Waals surface area contributed by atoms with E-state index in [2.05, 4.69) is 5.32 Å². The van der Waals surface area contributed by atoms with Gasteiger partial charge in [0.25, 0.3) is 0 Å². The predicted octanol–water partition coefficient (Wildman–Crippen LogP) is 1.53. The number of hydrogen-bond donors (Lipinski definition) is 3. The van der Waals surface area contributed by atoms with Gasteiger partial charge in [-0.3, -0.25) is 0 Å². The van der Waals surface area contributed by atoms with Crippen LogP contribution >= 0.6 is 0 Å². The normalized spacial score (nSPS) is 13.3. The Kier molecular flexibility index (Phi) is 6.52. The van der Waals surface area contributed by atoms with Gasteiger partial charge in [-0.1, -0.05) is 30.3 Å². The number of ether oxygens (including phenoxy) is 1. The van der Waals surface area contributed by atoms with E-state index in [0.29, 0.717) is 6.42 Å². The first kappa shape index (κ1) is 16.0. The summed E-state index contributed by atoms with van der Waals surface area (Å²) in [6.45, 7) is 1.90. The molecule has 3 N–H and O–H groups in total. The Morgan fingerprint density at radius 3 is 2.50 bits per heavy atom. The molecule has 1 rings (SSSR count). The van der Waals surface area contributed by atoms with Crippen LogP contribution in [0.4, 0.5) is 4.79 Å². The Hall–Kier alpha value is -2.08. The second-order valence-corrected chi connectivity index (χ2v) is 4.54. The molecule has 0 radical (unpaired) electrons. The van der Waals surface area contributed by atoms with Crippen LogP contribution in [0.5, 0.6) is 0 Å². The summed E-state index contributed by atoms with van der Waals surface area (Å²) < 4.78 is 5.02. The molecule has 0 saturated heterocycles. The van der Waals surface area contributed by atoms with Crippen LogP contribution in [0.15, 0.2) is 30.3 Å². The number of rotatable bonds is 7. The number of aliphatic carboxylic acids is 1. The van der Waals surface area contributed by atoms with Crippen molar-refractivity contribution in [1.29, 1.82) is 0 Å². The standard InChI is InChI=1S/C14H19NO5/c1-10(7-8-12(16)13(17)18)15-14(19)20-9-11-5-3-2-4-6-11/h2-6,10,12,16H,7-9H2,1H3,(H,15,19)(H,17,18). The minimum Gasteiger partial charge on any atom is -0.479 e. The topological polar surface area (TPSA) is 95.9 Å². The minimum atomic E-state index is -1.40. The van der Waals surface area contributed by atoms with Crippen molar-refractivity contribution in [3.63, 3.8) is 0 Å². The summed E-state index contributed by atoms with van der Waals surface area (Å²) in [5, 5.41) is 20.2. The van der Waals surface area contributed by atoms with Gasteiger partial charge in [-0.2, -0.15) is 0 Å². The fourth-order valence-electron chi connectivity index (χ4n) is 1.57. The van der Waals surface area contributed by atoms with Crippen LogP contribution in [-0.2, 0) is 16.1 Å². The highest BCUT2D eigenvalue weighted by Gasteiger charge is 2.15. The summed E-state index contributed by atoms with van der Waals surface area (Å²) in [6, 6.07) is 9.01. The Morgan fingerprint density at radius 1 is 1.25 bits per heavy atom. The lowest BCUT2D eigenvalue weighted by atomic mass is 10.1. The van der Waals surface area contributed by atoms with Crippen LogP contribution in [0, 0.1) is 0 Å². The molecule has 1 amide bonds. The molecule has 0 aliphatic heterocycles. The first-order chi connectivity index (χ1) is 9.49. The molecule has 0 heterocycles. The van der Waals surface area contributed by atoms with Crippen molar-refractivity contribution < 1.29 is 24.5 Å². The van der Waals surface area contributed by atoms with Gasteiger partial charge in [0.05, 0.1) is 0 Å². The maximum atomic E-state index is 11.5. The number of amides is 1. The van der Waals surface area contributed by atoms with Gasteiger partial charge in [-0.25, -0.2) is 9.59 Å². The van der Waals surface area contributed by atoms with Gasteiger partial charge in [0.1, 0.15) is 6.61 Å². The lowest BCUT2D eigenvalue weighted by molar-refractivity contribution is -0.147. The van der Waals surface area contributed by atoms with E-state index in [1.807, 2.05) is 30.3 Å². The van der Waals surface area contributed by atoms with Crippen molar-refractivity contribution in [1.82, 2.24) is 5.32 Å². The average Bonchev–Trinajstić information content (AvgIpc) is 2.43. The van der Waals surface area contributed by atoms with E-state index in [-0.39, 0.29) is 19.1 Å². The van der Waals surface area contributed by atoms with Gasteiger partial charge in [-0.05, 0) is 25.3 Å². The number of benzene rings is 1. The SMILES string of the molecule is CC(CCC(O)C(=O)O)NC(=O)OCc1ccccc1. The van der Waals surface area contributed by atoms with Crippen LogP contribution in [0.25, 0.3) is 0 Å². The Labute approximate surface area is 117 Å². The number of hydrogen-bond acceptors (Lipinski definition) is 4. The number of aliphatic hydroxyl groups is 1. The first-order valence-electron chi connectivity index (χ1n) is 6.37. The highest BCUT2D eigenvalue weighted by molar-refractivity contribution is 5.71. The zero-order valence-corrected chi connectivity index (χ0v) is 11.3. The van der Waals surface area contributed by atoms with Crippen LogP contribution < -0.4 is 5.32 Å². The highest BCUT2D eigenvalue weighted by Crippen LogP contribution is 2.04. The lowest BCUT2D eigenvalue weighted by Gasteiger charge is -2.14. The Bertz CT molecular complexity index is 434. The van der Waals surface area contributed by atoms with Gasteiger partial charge in [0.2, 0.25) is 0 Å². The molecule has 20 heavy (non-hydrogen) atoms. The van der Waals surface area contributed by atoms with E-state index >= 15 is 0 Å². The maximum absolute atomic E-state index is 11.5. The van der Waals surface area contributed by atoms with Crippen LogP contribution in [-0.4, -0.2) is 34.4 Å². The van der Waals surface area contributed by atoms with E-state index in [0.717, 1.165) is 5.56 Å². The molecular formula is C14H19NO5. The fourth-order valence-corrected chi connectivity index (χ4v) is 1.57. The fraction of sp³-hybridized carbons (Fsp3) is 0.429. The summed E-state index contributed by atoms with van der Waals surface area (Å²) in [7, 11) is 0. The van der Waals surface area contributed by atoms with E-state index in [9.17, 15) is 9.59 Å². The monoisotopic (exact) mass is 281 g/mol. The Balaban J connectivity index is 2.23. The molecule has 2 atom stereocenters. The van der Waals surface area contributed by atoms with E-state index in [1.165, 1.54) is 0 Å². The van der Waals surface area contributed by atoms with Crippen LogP contribution in [0.1, 0.15) is 25.3 Å². The quantitative estimate of drug-likeness (QED) is 0.704. The molecule has 2 unspecified atom stereocenters. The first-order valence-corrected chi connectivity index (χ1v) is 6.37. The van der Waals surface area contributed by atoms with Gasteiger partial charge < -0.3 is 20.3 Å². The average molecular weight is 281 g/mol. The van der Waals surface area contributed by atoms with Gasteiger partial charge >= 0.3 is 12.1 Å². The number of carboxylic acids is 1. The third-order valence-electron chi connectivity index (χ3n) is 2.74. The molecule has 110 valence electrons. The smallest absolute Gasteiger partial charge is 0.407 e. The van der Waals surface area contributed by atoms with Gasteiger partial charge in [0, 0.05) is 6.04 Å². The molecule has 0 aliphatic carbocycles. The molecule has 1 aromatic carbocycles. The van der Waals surface area contributed by atoms with Crippen molar-refractivity contribution in [2.24, 2.45) is 0 Å². The predicted molar refractivity (Wildman–Crippen MR) is 72.1 cm³/mol. The van der Waals surface area contributed by atoms with E-state index in [1.54, 1.807) is 6.92 Å². The molecular weight excluding hydrogens is 262 g/mol. The summed E-state index contributed by atoms with van der Waals surface area (Å²) in [5.74, 6) is -1.26. The number of aliphatic hydroxyl groups excluding tert-OH is 1. The molecule has 1 aromatic rings. The second kappa shape index (κ2) is 8.16. The summed E-state index contributed by atoms with van der Waals surface area (Å²) in [4.78, 5) is 21.9. The van der Waals surface area contributed by atoms with Crippen molar-refractivity contribution in [3.05, 3.63) is 35.9 Å². The molecule has 0 spiro atoms. The number of carbonyl (C=O) groups is 2. The molecule has 0 bridgehead atoms. The summed E-state index contributed by atoms with van der Waals surface area (Å²) in [5.41, 5.74) is 0.886. The minimum absolute atomic E-state index is 0.0788. The summed E-state index contributed by atoms with van der Waals surface area (Å²) in [6.07, 6.45) is -1.53. The maximum Gasteiger partial charge on any atom is 0.407 e. The number of carbonyl (C=O) groups excluding carboxylic acids is 1. The third kappa shape index (κ3) is 6.19. The van der Waals surface area contributed by atoms with Crippen molar-refractivity contribution in [3.8, 4) is 0 Å². The summed E-state index contributed by atoms with van der Waals surface area (Å²) >= 11 is 0. The number of carboxylic acid groups (broad SMARTS) is 1. The molecule has 0 aliphatic rings. The molecule has 6 nitrogen and oxygen atoms in total. The van der Waals surface area contributed by atoms with Crippen LogP contribution in [0.3, 0.4) is 0 Å². The largest absolute Gasteiger partial charge is 0.479 e. The Morgan fingerprint density at radius 2 is 1.90 bits per heavy atom. The molecule has 0 saturated carbocycles. The number of alkyl carbamates (subject to hydrolysis) is 1. The van der Waals surface area contributed by atoms with E-state index in [4.69, 9.17) is 14.9 Å². The van der Waals surface area contributed by atoms with Crippen molar-refractivity contribution >= 4 is 12.1 Å². The molecule has 0 aromatic heterocycles. The second-order valence-electron chi connectivity index (χ2n) is 4.54. The van der Waals surface area contributed by atoms with Crippen LogP contribution in [0.2, 0.25) is 0 Å². The lowest BCUT2D eigenvalue weighted by Crippen LogP contribution is -2.34. The zero-order valence-electron chi connectivity index (χ0n) is 11.3. The van der Waals surface area contributed by atoms with E-state index < -0.39 is 18.2 Å². The van der Waals surface area contributed by atoms with Crippen molar-refractivity contribution in [2.75, 3.05) is 0 Å². The highest BCUT2D eigenvalue weighted by atomic mass is 16.5. The third-order valence-corrected chi connectivity index (χ3v) is 2.74.